The fraction of sp³-hybridized carbons (Fsp3) is 0.0870. The van der Waals surface area contributed by atoms with E-state index in [-0.39, 0.29) is 10.7 Å². The number of pyridine rings is 1. The molecule has 2 aromatic carbocycles. The van der Waals surface area contributed by atoms with Gasteiger partial charge in [0.25, 0.3) is 0 Å². The van der Waals surface area contributed by atoms with Crippen LogP contribution in [0.1, 0.15) is 17.4 Å². The predicted octanol–water partition coefficient (Wildman–Crippen LogP) is 4.86. The summed E-state index contributed by atoms with van der Waals surface area (Å²) in [6.07, 6.45) is 2.82. The van der Waals surface area contributed by atoms with Gasteiger partial charge in [-0.05, 0) is 42.0 Å². The lowest BCUT2D eigenvalue weighted by atomic mass is 10.1. The minimum absolute atomic E-state index is 0.165. The average Bonchev–Trinajstić information content (AvgIpc) is 3.19. The lowest BCUT2D eigenvalue weighted by Gasteiger charge is -2.09. The molecular formula is C23H18ClN3O3S. The van der Waals surface area contributed by atoms with Gasteiger partial charge in [-0.2, -0.15) is 5.10 Å². The van der Waals surface area contributed by atoms with Crippen molar-refractivity contribution < 1.29 is 13.2 Å². The summed E-state index contributed by atoms with van der Waals surface area (Å²) < 4.78 is 25.3. The second-order valence-electron chi connectivity index (χ2n) is 7.07. The largest absolute Gasteiger partial charge is 0.293 e. The molecule has 31 heavy (non-hydrogen) atoms. The Kier molecular flexibility index (Phi) is 5.47. The number of sulfone groups is 1. The highest BCUT2D eigenvalue weighted by Crippen LogP contribution is 2.30. The van der Waals surface area contributed by atoms with Gasteiger partial charge < -0.3 is 0 Å². The smallest absolute Gasteiger partial charge is 0.180 e. The van der Waals surface area contributed by atoms with Crippen LogP contribution in [0.5, 0.6) is 0 Å². The molecule has 0 amide bonds. The van der Waals surface area contributed by atoms with Crippen molar-refractivity contribution in [2.45, 2.75) is 11.8 Å². The standard InChI is InChI=1S/C23H18ClN3O3S/c1-15(28)21-13-22(19-8-3-4-9-20(19)24)27(26-21)23-11-10-17(14-25-23)16-6-5-7-18(12-16)31(2,29)30/h3-14H,1-2H3. The molecule has 8 heteroatoms. The molecule has 0 bridgehead atoms. The highest BCUT2D eigenvalue weighted by Gasteiger charge is 2.17. The number of carbonyl (C=O) groups is 1. The van der Waals surface area contributed by atoms with Crippen LogP contribution in [0.15, 0.2) is 77.8 Å². The van der Waals surface area contributed by atoms with E-state index in [1.165, 1.54) is 13.2 Å². The van der Waals surface area contributed by atoms with E-state index < -0.39 is 9.84 Å². The number of Topliss-reactive ketones (excluding diaryl/α,β-unsaturated/α-hetero) is 1. The van der Waals surface area contributed by atoms with Gasteiger partial charge in [-0.25, -0.2) is 18.1 Å². The normalized spacial score (nSPS) is 11.5. The molecule has 0 saturated carbocycles. The second-order valence-corrected chi connectivity index (χ2v) is 9.49. The first-order chi connectivity index (χ1) is 14.7. The summed E-state index contributed by atoms with van der Waals surface area (Å²) in [5, 5.41) is 4.95. The third kappa shape index (κ3) is 4.28. The van der Waals surface area contributed by atoms with Crippen LogP contribution in [-0.4, -0.2) is 35.2 Å². The fourth-order valence-electron chi connectivity index (χ4n) is 3.18. The molecule has 0 N–H and O–H groups in total. The summed E-state index contributed by atoms with van der Waals surface area (Å²) in [6, 6.07) is 19.3. The van der Waals surface area contributed by atoms with E-state index in [2.05, 4.69) is 10.1 Å². The van der Waals surface area contributed by atoms with Crippen LogP contribution in [0.25, 0.3) is 28.2 Å². The molecule has 0 aliphatic rings. The molecule has 6 nitrogen and oxygen atoms in total. The van der Waals surface area contributed by atoms with Crippen LogP contribution in [0.2, 0.25) is 5.02 Å². The maximum atomic E-state index is 11.9. The third-order valence-corrected chi connectivity index (χ3v) is 6.22. The Bertz CT molecular complexity index is 1390. The van der Waals surface area contributed by atoms with Crippen molar-refractivity contribution in [2.75, 3.05) is 6.26 Å². The van der Waals surface area contributed by atoms with Gasteiger partial charge in [-0.3, -0.25) is 4.79 Å². The lowest BCUT2D eigenvalue weighted by molar-refractivity contribution is 0.101. The van der Waals surface area contributed by atoms with Gasteiger partial charge in [0.15, 0.2) is 21.4 Å². The maximum Gasteiger partial charge on any atom is 0.180 e. The topological polar surface area (TPSA) is 81.9 Å². The van der Waals surface area contributed by atoms with Gasteiger partial charge in [0.1, 0.15) is 5.69 Å². The zero-order valence-corrected chi connectivity index (χ0v) is 18.4. The zero-order valence-electron chi connectivity index (χ0n) is 16.8. The second kappa shape index (κ2) is 8.09. The Morgan fingerprint density at radius 3 is 2.39 bits per heavy atom. The maximum absolute atomic E-state index is 11.9. The number of rotatable bonds is 5. The highest BCUT2D eigenvalue weighted by atomic mass is 35.5. The highest BCUT2D eigenvalue weighted by molar-refractivity contribution is 7.90. The molecule has 0 aliphatic carbocycles. The van der Waals surface area contributed by atoms with Crippen molar-refractivity contribution >= 4 is 27.2 Å². The van der Waals surface area contributed by atoms with E-state index in [0.29, 0.717) is 22.2 Å². The molecule has 0 atom stereocenters. The fourth-order valence-corrected chi connectivity index (χ4v) is 4.08. The van der Waals surface area contributed by atoms with Crippen molar-refractivity contribution in [1.82, 2.24) is 14.8 Å². The van der Waals surface area contributed by atoms with Crippen LogP contribution >= 0.6 is 11.6 Å². The van der Waals surface area contributed by atoms with Crippen LogP contribution in [0.4, 0.5) is 0 Å². The summed E-state index contributed by atoms with van der Waals surface area (Å²) in [6.45, 7) is 1.45. The average molecular weight is 452 g/mol. The van der Waals surface area contributed by atoms with Gasteiger partial charge in [-0.15, -0.1) is 0 Å². The molecule has 2 heterocycles. The third-order valence-electron chi connectivity index (χ3n) is 4.78. The van der Waals surface area contributed by atoms with Gasteiger partial charge in [0.05, 0.1) is 10.6 Å². The molecule has 0 spiro atoms. The molecule has 4 rings (SSSR count). The molecule has 0 fully saturated rings. The van der Waals surface area contributed by atoms with Crippen molar-refractivity contribution in [3.8, 4) is 28.2 Å². The summed E-state index contributed by atoms with van der Waals surface area (Å²) in [5.41, 5.74) is 3.18. The minimum atomic E-state index is -3.31. The molecular weight excluding hydrogens is 434 g/mol. The predicted molar refractivity (Wildman–Crippen MR) is 120 cm³/mol. The SMILES string of the molecule is CC(=O)c1cc(-c2ccccc2Cl)n(-c2ccc(-c3cccc(S(C)(=O)=O)c3)cn2)n1. The number of carbonyl (C=O) groups excluding carboxylic acids is 1. The number of hydrogen-bond acceptors (Lipinski definition) is 5. The van der Waals surface area contributed by atoms with Gasteiger partial charge in [0.2, 0.25) is 0 Å². The molecule has 0 radical (unpaired) electrons. The van der Waals surface area contributed by atoms with Gasteiger partial charge >= 0.3 is 0 Å². The first-order valence-electron chi connectivity index (χ1n) is 9.37. The molecule has 2 aromatic heterocycles. The van der Waals surface area contributed by atoms with Crippen LogP contribution in [-0.2, 0) is 9.84 Å². The van der Waals surface area contributed by atoms with Crippen molar-refractivity contribution in [1.29, 1.82) is 0 Å². The monoisotopic (exact) mass is 451 g/mol. The number of nitrogens with zero attached hydrogens (tertiary/aromatic N) is 3. The van der Waals surface area contributed by atoms with Crippen molar-refractivity contribution in [3.63, 3.8) is 0 Å². The summed E-state index contributed by atoms with van der Waals surface area (Å²) in [5.74, 6) is 0.340. The Balaban J connectivity index is 1.78. The van der Waals surface area contributed by atoms with Gasteiger partial charge in [-0.1, -0.05) is 41.9 Å². The van der Waals surface area contributed by atoms with Crippen molar-refractivity contribution in [3.05, 3.63) is 83.6 Å². The Morgan fingerprint density at radius 2 is 1.74 bits per heavy atom. The van der Waals surface area contributed by atoms with E-state index in [9.17, 15) is 13.2 Å². The number of halogens is 1. The molecule has 0 aliphatic heterocycles. The van der Waals surface area contributed by atoms with E-state index >= 15 is 0 Å². The Labute approximate surface area is 185 Å². The van der Waals surface area contributed by atoms with E-state index in [1.54, 1.807) is 47.3 Å². The number of aromatic nitrogens is 3. The molecule has 4 aromatic rings. The summed E-state index contributed by atoms with van der Waals surface area (Å²) >= 11 is 6.37. The van der Waals surface area contributed by atoms with E-state index in [0.717, 1.165) is 16.7 Å². The summed E-state index contributed by atoms with van der Waals surface area (Å²) in [7, 11) is -3.31. The number of benzene rings is 2. The lowest BCUT2D eigenvalue weighted by Crippen LogP contribution is -2.03. The number of ketones is 1. The van der Waals surface area contributed by atoms with Crippen molar-refractivity contribution in [2.24, 2.45) is 0 Å². The first kappa shape index (κ1) is 21.0. The summed E-state index contributed by atoms with van der Waals surface area (Å²) in [4.78, 5) is 16.7. The molecule has 0 unspecified atom stereocenters. The van der Waals surface area contributed by atoms with E-state index in [1.807, 2.05) is 30.3 Å². The Morgan fingerprint density at radius 1 is 0.968 bits per heavy atom. The van der Waals surface area contributed by atoms with E-state index in [4.69, 9.17) is 11.6 Å². The quantitative estimate of drug-likeness (QED) is 0.404. The Hall–Kier alpha value is -3.29. The number of hydrogen-bond donors (Lipinski definition) is 0. The van der Waals surface area contributed by atoms with Crippen LogP contribution < -0.4 is 0 Å². The van der Waals surface area contributed by atoms with Crippen LogP contribution in [0, 0.1) is 0 Å². The minimum Gasteiger partial charge on any atom is -0.293 e. The molecule has 0 saturated heterocycles. The molecule has 156 valence electrons. The zero-order chi connectivity index (χ0) is 22.2. The first-order valence-corrected chi connectivity index (χ1v) is 11.6. The van der Waals surface area contributed by atoms with Crippen LogP contribution in [0.3, 0.4) is 0 Å². The van der Waals surface area contributed by atoms with Gasteiger partial charge in [0, 0.05) is 35.5 Å².